The van der Waals surface area contributed by atoms with Crippen molar-refractivity contribution >= 4 is 54.6 Å². The monoisotopic (exact) mass is 530 g/mol. The molecular formula is C25H37Cl3N4O2. The second-order valence-electron chi connectivity index (χ2n) is 8.59. The van der Waals surface area contributed by atoms with Crippen molar-refractivity contribution in [3.8, 4) is 5.75 Å². The van der Waals surface area contributed by atoms with Crippen LogP contribution in [-0.4, -0.2) is 55.6 Å². The van der Waals surface area contributed by atoms with Gasteiger partial charge in [-0.25, -0.2) is 4.98 Å². The van der Waals surface area contributed by atoms with E-state index in [1.807, 2.05) is 18.2 Å². The van der Waals surface area contributed by atoms with Crippen LogP contribution in [0.15, 0.2) is 42.6 Å². The number of piperazine rings is 1. The lowest BCUT2D eigenvalue weighted by atomic mass is 9.88. The number of nitrogens with one attached hydrogen (secondary N) is 1. The first-order valence-electron chi connectivity index (χ1n) is 11.6. The first kappa shape index (κ1) is 30.3. The lowest BCUT2D eigenvalue weighted by Gasteiger charge is -2.36. The van der Waals surface area contributed by atoms with Gasteiger partial charge in [0, 0.05) is 44.8 Å². The van der Waals surface area contributed by atoms with E-state index in [-0.39, 0.29) is 49.0 Å². The molecule has 1 aromatic heterocycles. The maximum Gasteiger partial charge on any atom is 0.228 e. The van der Waals surface area contributed by atoms with Crippen molar-refractivity contribution in [2.45, 2.75) is 38.5 Å². The van der Waals surface area contributed by atoms with E-state index < -0.39 is 0 Å². The van der Waals surface area contributed by atoms with Crippen LogP contribution in [0.5, 0.6) is 5.75 Å². The number of carbonyl (C=O) groups excluding carboxylic acids is 1. The summed E-state index contributed by atoms with van der Waals surface area (Å²) in [6.45, 7) is 4.97. The summed E-state index contributed by atoms with van der Waals surface area (Å²) in [5.41, 5.74) is 2.29. The minimum atomic E-state index is 0. The molecule has 2 fully saturated rings. The van der Waals surface area contributed by atoms with Gasteiger partial charge in [-0.2, -0.15) is 0 Å². The smallest absolute Gasteiger partial charge is 0.228 e. The van der Waals surface area contributed by atoms with Crippen molar-refractivity contribution < 1.29 is 9.53 Å². The van der Waals surface area contributed by atoms with Gasteiger partial charge in [0.05, 0.1) is 12.8 Å². The number of halogens is 3. The predicted molar refractivity (Wildman–Crippen MR) is 147 cm³/mol. The van der Waals surface area contributed by atoms with E-state index in [0.717, 1.165) is 82.0 Å². The van der Waals surface area contributed by atoms with Crippen LogP contribution in [0.25, 0.3) is 0 Å². The van der Waals surface area contributed by atoms with Gasteiger partial charge in [0.2, 0.25) is 5.91 Å². The highest BCUT2D eigenvalue weighted by atomic mass is 35.5. The lowest BCUT2D eigenvalue weighted by molar-refractivity contribution is -0.120. The lowest BCUT2D eigenvalue weighted by Crippen LogP contribution is -2.47. The van der Waals surface area contributed by atoms with Crippen LogP contribution in [0.3, 0.4) is 0 Å². The molecule has 2 aromatic rings. The van der Waals surface area contributed by atoms with Crippen LogP contribution < -0.4 is 15.0 Å². The molecule has 1 aliphatic heterocycles. The van der Waals surface area contributed by atoms with Gasteiger partial charge in [-0.15, -0.1) is 37.2 Å². The molecule has 0 radical (unpaired) electrons. The molecule has 1 amide bonds. The Labute approximate surface area is 222 Å². The summed E-state index contributed by atoms with van der Waals surface area (Å²) in [6.07, 6.45) is 8.24. The second-order valence-corrected chi connectivity index (χ2v) is 8.59. The van der Waals surface area contributed by atoms with Gasteiger partial charge < -0.3 is 15.0 Å². The summed E-state index contributed by atoms with van der Waals surface area (Å²) in [4.78, 5) is 22.0. The molecule has 0 spiro atoms. The number of para-hydroxylation sites is 2. The minimum Gasteiger partial charge on any atom is -0.495 e. The standard InChI is InChI=1S/C25H34N4O2.3ClH/c1-31-23-12-6-5-11-22(23)29-18-16-28(17-19-29)15-13-20-10-7-14-26-24(20)27-25(30)21-8-3-2-4-9-21;;;/h5-7,10-12,14,21H,2-4,8-9,13,15-19H2,1H3,(H,26,27,30);3*1H. The van der Waals surface area contributed by atoms with Crippen molar-refractivity contribution in [1.82, 2.24) is 9.88 Å². The van der Waals surface area contributed by atoms with Gasteiger partial charge in [-0.3, -0.25) is 9.69 Å². The molecule has 34 heavy (non-hydrogen) atoms. The number of hydrogen-bond acceptors (Lipinski definition) is 5. The summed E-state index contributed by atoms with van der Waals surface area (Å²) in [6, 6.07) is 12.3. The zero-order valence-corrected chi connectivity index (χ0v) is 22.2. The molecule has 6 nitrogen and oxygen atoms in total. The number of ether oxygens (including phenoxy) is 1. The molecule has 2 heterocycles. The molecule has 1 N–H and O–H groups in total. The van der Waals surface area contributed by atoms with E-state index in [2.05, 4.69) is 38.3 Å². The van der Waals surface area contributed by atoms with E-state index in [4.69, 9.17) is 4.74 Å². The van der Waals surface area contributed by atoms with E-state index in [9.17, 15) is 4.79 Å². The minimum absolute atomic E-state index is 0. The molecule has 9 heteroatoms. The van der Waals surface area contributed by atoms with Crippen LogP contribution in [0.2, 0.25) is 0 Å². The van der Waals surface area contributed by atoms with Crippen LogP contribution >= 0.6 is 37.2 Å². The second kappa shape index (κ2) is 15.3. The third-order valence-corrected chi connectivity index (χ3v) is 6.60. The van der Waals surface area contributed by atoms with Gasteiger partial charge in [-0.1, -0.05) is 37.5 Å². The number of methoxy groups -OCH3 is 1. The zero-order chi connectivity index (χ0) is 21.5. The number of amides is 1. The molecule has 0 atom stereocenters. The fraction of sp³-hybridized carbons (Fsp3) is 0.520. The Morgan fingerprint density at radius 2 is 1.71 bits per heavy atom. The quantitative estimate of drug-likeness (QED) is 0.529. The molecule has 0 unspecified atom stereocenters. The summed E-state index contributed by atoms with van der Waals surface area (Å²) >= 11 is 0. The molecule has 2 aliphatic rings. The maximum absolute atomic E-state index is 12.7. The van der Waals surface area contributed by atoms with Crippen LogP contribution in [0.1, 0.15) is 37.7 Å². The largest absolute Gasteiger partial charge is 0.495 e. The number of anilines is 2. The molecule has 1 aromatic carbocycles. The van der Waals surface area contributed by atoms with Gasteiger partial charge >= 0.3 is 0 Å². The topological polar surface area (TPSA) is 57.7 Å². The highest BCUT2D eigenvalue weighted by Crippen LogP contribution is 2.28. The van der Waals surface area contributed by atoms with Crippen molar-refractivity contribution in [2.75, 3.05) is 50.1 Å². The summed E-state index contributed by atoms with van der Waals surface area (Å²) in [7, 11) is 1.73. The van der Waals surface area contributed by atoms with Gasteiger partial charge in [0.15, 0.2) is 0 Å². The average molecular weight is 532 g/mol. The molecule has 4 rings (SSSR count). The van der Waals surface area contributed by atoms with Crippen molar-refractivity contribution in [1.29, 1.82) is 0 Å². The molecule has 190 valence electrons. The van der Waals surface area contributed by atoms with E-state index in [1.54, 1.807) is 13.3 Å². The van der Waals surface area contributed by atoms with Gasteiger partial charge in [-0.05, 0) is 43.0 Å². The Morgan fingerprint density at radius 1 is 1.00 bits per heavy atom. The van der Waals surface area contributed by atoms with Crippen LogP contribution in [0, 0.1) is 5.92 Å². The van der Waals surface area contributed by atoms with Crippen molar-refractivity contribution in [3.63, 3.8) is 0 Å². The van der Waals surface area contributed by atoms with Crippen molar-refractivity contribution in [2.24, 2.45) is 5.92 Å². The third kappa shape index (κ3) is 7.91. The highest BCUT2D eigenvalue weighted by Gasteiger charge is 2.23. The van der Waals surface area contributed by atoms with E-state index >= 15 is 0 Å². The first-order chi connectivity index (χ1) is 15.2. The summed E-state index contributed by atoms with van der Waals surface area (Å²) < 4.78 is 5.52. The molecule has 1 saturated carbocycles. The number of hydrogen-bond donors (Lipinski definition) is 1. The van der Waals surface area contributed by atoms with E-state index in [0.29, 0.717) is 0 Å². The Kier molecular flexibility index (Phi) is 13.6. The van der Waals surface area contributed by atoms with Gasteiger partial charge in [0.1, 0.15) is 11.6 Å². The Morgan fingerprint density at radius 3 is 2.41 bits per heavy atom. The number of benzene rings is 1. The number of carbonyl (C=O) groups is 1. The van der Waals surface area contributed by atoms with Crippen LogP contribution in [-0.2, 0) is 11.2 Å². The fourth-order valence-corrected chi connectivity index (χ4v) is 4.72. The molecule has 1 saturated heterocycles. The Hall–Kier alpha value is -1.73. The fourth-order valence-electron chi connectivity index (χ4n) is 4.72. The highest BCUT2D eigenvalue weighted by molar-refractivity contribution is 5.92. The maximum atomic E-state index is 12.7. The third-order valence-electron chi connectivity index (χ3n) is 6.60. The van der Waals surface area contributed by atoms with Crippen molar-refractivity contribution in [3.05, 3.63) is 48.2 Å². The van der Waals surface area contributed by atoms with E-state index in [1.165, 1.54) is 12.1 Å². The van der Waals surface area contributed by atoms with Gasteiger partial charge in [0.25, 0.3) is 0 Å². The Balaban J connectivity index is 0.00000193. The normalized spacial score (nSPS) is 16.4. The van der Waals surface area contributed by atoms with Crippen LogP contribution in [0.4, 0.5) is 11.5 Å². The SMILES string of the molecule is COc1ccccc1N1CCN(CCc2cccnc2NC(=O)C2CCCCC2)CC1.Cl.Cl.Cl. The first-order valence-corrected chi connectivity index (χ1v) is 11.6. The molecule has 0 bridgehead atoms. The number of nitrogens with zero attached hydrogens (tertiary/aromatic N) is 3. The average Bonchev–Trinajstić information content (AvgIpc) is 2.84. The molecule has 1 aliphatic carbocycles. The summed E-state index contributed by atoms with van der Waals surface area (Å²) in [5, 5.41) is 3.12. The number of rotatable bonds is 7. The Bertz CT molecular complexity index is 873. The zero-order valence-electron chi connectivity index (χ0n) is 19.8. The number of aromatic nitrogens is 1. The predicted octanol–water partition coefficient (Wildman–Crippen LogP) is 5.24. The molecular weight excluding hydrogens is 495 g/mol. The number of pyridine rings is 1. The summed E-state index contributed by atoms with van der Waals surface area (Å²) in [5.74, 6) is 1.96.